The largest absolute Gasteiger partial charge is 0.497 e. The number of nitrogens with zero attached hydrogens (tertiary/aromatic N) is 1. The lowest BCUT2D eigenvalue weighted by Gasteiger charge is -2.22. The molecule has 3 aromatic rings. The topological polar surface area (TPSA) is 67.0 Å². The number of aryl methyl sites for hydroxylation is 1. The van der Waals surface area contributed by atoms with Crippen molar-refractivity contribution >= 4 is 16.9 Å². The van der Waals surface area contributed by atoms with Crippen LogP contribution in [0.5, 0.6) is 5.75 Å². The van der Waals surface area contributed by atoms with Gasteiger partial charge in [-0.25, -0.2) is 4.98 Å². The van der Waals surface area contributed by atoms with Crippen LogP contribution in [0.25, 0.3) is 11.0 Å². The fourth-order valence-electron chi connectivity index (χ4n) is 3.13. The molecule has 0 aliphatic rings. The molecule has 0 radical (unpaired) electrons. The highest BCUT2D eigenvalue weighted by atomic mass is 16.5. The summed E-state index contributed by atoms with van der Waals surface area (Å²) in [5.74, 6) is 1.97. The number of benzene rings is 2. The summed E-state index contributed by atoms with van der Waals surface area (Å²) in [6.45, 7) is 4.27. The summed E-state index contributed by atoms with van der Waals surface area (Å²) in [6, 6.07) is 15.7. The number of rotatable bonds is 8. The first kappa shape index (κ1) is 19.0. The number of imidazole rings is 1. The second kappa shape index (κ2) is 8.71. The zero-order valence-corrected chi connectivity index (χ0v) is 16.2. The molecule has 1 aromatic heterocycles. The maximum absolute atomic E-state index is 12.6. The molecule has 3 rings (SSSR count). The van der Waals surface area contributed by atoms with Crippen molar-refractivity contribution in [3.8, 4) is 5.75 Å². The average Bonchev–Trinajstić information content (AvgIpc) is 3.14. The van der Waals surface area contributed by atoms with E-state index in [-0.39, 0.29) is 17.9 Å². The van der Waals surface area contributed by atoms with Crippen LogP contribution in [0.15, 0.2) is 48.5 Å². The average molecular weight is 365 g/mol. The van der Waals surface area contributed by atoms with Gasteiger partial charge in [0, 0.05) is 6.42 Å². The second-order valence-corrected chi connectivity index (χ2v) is 6.92. The van der Waals surface area contributed by atoms with Gasteiger partial charge in [-0.15, -0.1) is 0 Å². The number of carbonyl (C=O) groups excluding carboxylic acids is 1. The quantitative estimate of drug-likeness (QED) is 0.621. The third kappa shape index (κ3) is 4.67. The molecular weight excluding hydrogens is 338 g/mol. The SMILES string of the molecule is CCC(C)C(NC(=O)CCc1ccc(OC)cc1)c1nc2ccccc2[nH]1. The Morgan fingerprint density at radius 3 is 2.59 bits per heavy atom. The Morgan fingerprint density at radius 2 is 1.93 bits per heavy atom. The number of para-hydroxylation sites is 2. The van der Waals surface area contributed by atoms with Gasteiger partial charge in [0.05, 0.1) is 24.2 Å². The summed E-state index contributed by atoms with van der Waals surface area (Å²) < 4.78 is 5.17. The van der Waals surface area contributed by atoms with Crippen molar-refractivity contribution in [2.45, 2.75) is 39.2 Å². The Balaban J connectivity index is 1.67. The van der Waals surface area contributed by atoms with Crippen molar-refractivity contribution in [1.29, 1.82) is 0 Å². The molecule has 0 saturated heterocycles. The Morgan fingerprint density at radius 1 is 1.19 bits per heavy atom. The molecule has 0 fully saturated rings. The highest BCUT2D eigenvalue weighted by Crippen LogP contribution is 2.25. The zero-order chi connectivity index (χ0) is 19.2. The normalized spacial score (nSPS) is 13.3. The van der Waals surface area contributed by atoms with Gasteiger partial charge in [0.15, 0.2) is 0 Å². The van der Waals surface area contributed by atoms with Gasteiger partial charge in [-0.1, -0.05) is 44.5 Å². The van der Waals surface area contributed by atoms with Crippen molar-refractivity contribution in [2.24, 2.45) is 5.92 Å². The summed E-state index contributed by atoms with van der Waals surface area (Å²) >= 11 is 0. The van der Waals surface area contributed by atoms with Crippen LogP contribution in [0.3, 0.4) is 0 Å². The standard InChI is InChI=1S/C22H27N3O2/c1-4-15(2)21(22-23-18-7-5-6-8-19(18)24-22)25-20(26)14-11-16-9-12-17(27-3)13-10-16/h5-10,12-13,15,21H,4,11,14H2,1-3H3,(H,23,24)(H,25,26). The van der Waals surface area contributed by atoms with E-state index in [1.54, 1.807) is 7.11 Å². The Hall–Kier alpha value is -2.82. The van der Waals surface area contributed by atoms with Gasteiger partial charge in [-0.05, 0) is 42.2 Å². The summed E-state index contributed by atoms with van der Waals surface area (Å²) in [4.78, 5) is 20.6. The van der Waals surface area contributed by atoms with E-state index in [0.29, 0.717) is 12.8 Å². The number of fused-ring (bicyclic) bond motifs is 1. The molecule has 2 unspecified atom stereocenters. The van der Waals surface area contributed by atoms with Gasteiger partial charge in [0.25, 0.3) is 0 Å². The first-order valence-electron chi connectivity index (χ1n) is 9.47. The van der Waals surface area contributed by atoms with Gasteiger partial charge in [0.1, 0.15) is 11.6 Å². The third-order valence-electron chi connectivity index (χ3n) is 5.03. The minimum Gasteiger partial charge on any atom is -0.497 e. The molecule has 5 nitrogen and oxygen atoms in total. The molecule has 0 saturated carbocycles. The number of ether oxygens (including phenoxy) is 1. The van der Waals surface area contributed by atoms with E-state index in [1.165, 1.54) is 0 Å². The summed E-state index contributed by atoms with van der Waals surface area (Å²) in [7, 11) is 1.65. The lowest BCUT2D eigenvalue weighted by atomic mass is 9.98. The minimum absolute atomic E-state index is 0.0385. The van der Waals surface area contributed by atoms with E-state index in [2.05, 4.69) is 29.1 Å². The van der Waals surface area contributed by atoms with E-state index < -0.39 is 0 Å². The monoisotopic (exact) mass is 365 g/mol. The summed E-state index contributed by atoms with van der Waals surface area (Å²) in [5.41, 5.74) is 3.04. The lowest BCUT2D eigenvalue weighted by Crippen LogP contribution is -2.33. The Bertz CT molecular complexity index is 853. The molecule has 142 valence electrons. The van der Waals surface area contributed by atoms with Crippen LogP contribution in [0.4, 0.5) is 0 Å². The summed E-state index contributed by atoms with van der Waals surface area (Å²) in [5, 5.41) is 3.18. The molecule has 5 heteroatoms. The molecule has 1 heterocycles. The molecule has 1 amide bonds. The maximum atomic E-state index is 12.6. The Kier molecular flexibility index (Phi) is 6.12. The predicted molar refractivity (Wildman–Crippen MR) is 108 cm³/mol. The number of hydrogen-bond donors (Lipinski definition) is 2. The Labute approximate surface area is 160 Å². The molecule has 0 aliphatic carbocycles. The minimum atomic E-state index is -0.120. The lowest BCUT2D eigenvalue weighted by molar-refractivity contribution is -0.122. The number of aromatic nitrogens is 2. The van der Waals surface area contributed by atoms with E-state index in [4.69, 9.17) is 4.74 Å². The number of amides is 1. The van der Waals surface area contributed by atoms with Crippen LogP contribution < -0.4 is 10.1 Å². The molecule has 27 heavy (non-hydrogen) atoms. The van der Waals surface area contributed by atoms with Gasteiger partial charge < -0.3 is 15.0 Å². The number of carbonyl (C=O) groups is 1. The number of methoxy groups -OCH3 is 1. The van der Waals surface area contributed by atoms with Gasteiger partial charge >= 0.3 is 0 Å². The number of nitrogens with one attached hydrogen (secondary N) is 2. The fourth-order valence-corrected chi connectivity index (χ4v) is 3.13. The first-order chi connectivity index (χ1) is 13.1. The first-order valence-corrected chi connectivity index (χ1v) is 9.47. The zero-order valence-electron chi connectivity index (χ0n) is 16.2. The van der Waals surface area contributed by atoms with Crippen LogP contribution >= 0.6 is 0 Å². The third-order valence-corrected chi connectivity index (χ3v) is 5.03. The van der Waals surface area contributed by atoms with E-state index >= 15 is 0 Å². The maximum Gasteiger partial charge on any atom is 0.220 e. The second-order valence-electron chi connectivity index (χ2n) is 6.92. The van der Waals surface area contributed by atoms with Crippen LogP contribution in [-0.4, -0.2) is 23.0 Å². The van der Waals surface area contributed by atoms with Crippen molar-refractivity contribution < 1.29 is 9.53 Å². The number of hydrogen-bond acceptors (Lipinski definition) is 3. The van der Waals surface area contributed by atoms with Crippen molar-refractivity contribution in [3.63, 3.8) is 0 Å². The molecule has 2 atom stereocenters. The molecule has 0 aliphatic heterocycles. The van der Waals surface area contributed by atoms with Crippen LogP contribution in [0.2, 0.25) is 0 Å². The molecule has 0 spiro atoms. The molecular formula is C22H27N3O2. The fraction of sp³-hybridized carbons (Fsp3) is 0.364. The van der Waals surface area contributed by atoms with Crippen LogP contribution in [0, 0.1) is 5.92 Å². The van der Waals surface area contributed by atoms with Crippen LogP contribution in [-0.2, 0) is 11.2 Å². The van der Waals surface area contributed by atoms with Crippen molar-refractivity contribution in [1.82, 2.24) is 15.3 Å². The predicted octanol–water partition coefficient (Wildman–Crippen LogP) is 4.41. The van der Waals surface area contributed by atoms with Crippen LogP contribution in [0.1, 0.15) is 44.1 Å². The smallest absolute Gasteiger partial charge is 0.220 e. The molecule has 0 bridgehead atoms. The molecule has 2 N–H and O–H groups in total. The molecule has 2 aromatic carbocycles. The highest BCUT2D eigenvalue weighted by molar-refractivity contribution is 5.77. The van der Waals surface area contributed by atoms with Crippen molar-refractivity contribution in [3.05, 3.63) is 59.9 Å². The number of H-pyrrole nitrogens is 1. The van der Waals surface area contributed by atoms with E-state index in [9.17, 15) is 4.79 Å². The van der Waals surface area contributed by atoms with E-state index in [1.807, 2.05) is 48.5 Å². The highest BCUT2D eigenvalue weighted by Gasteiger charge is 2.23. The van der Waals surface area contributed by atoms with Gasteiger partial charge in [-0.3, -0.25) is 4.79 Å². The van der Waals surface area contributed by atoms with Gasteiger partial charge in [0.2, 0.25) is 5.91 Å². The van der Waals surface area contributed by atoms with Gasteiger partial charge in [-0.2, -0.15) is 0 Å². The van der Waals surface area contributed by atoms with Crippen molar-refractivity contribution in [2.75, 3.05) is 7.11 Å². The summed E-state index contributed by atoms with van der Waals surface area (Å²) in [6.07, 6.45) is 2.10. The van der Waals surface area contributed by atoms with E-state index in [0.717, 1.165) is 34.6 Å². The number of aromatic amines is 1.